The van der Waals surface area contributed by atoms with Gasteiger partial charge in [-0.25, -0.2) is 13.2 Å². The third-order valence-corrected chi connectivity index (χ3v) is 5.83. The molecule has 2 heterocycles. The summed E-state index contributed by atoms with van der Waals surface area (Å²) in [7, 11) is -3.91. The van der Waals surface area contributed by atoms with Gasteiger partial charge in [-0.15, -0.1) is 0 Å². The molecule has 1 saturated heterocycles. The minimum absolute atomic E-state index is 0.0324. The number of hydrogen-bond donors (Lipinski definition) is 2. The van der Waals surface area contributed by atoms with Crippen LogP contribution in [0.25, 0.3) is 0 Å². The van der Waals surface area contributed by atoms with E-state index in [4.69, 9.17) is 9.52 Å². The summed E-state index contributed by atoms with van der Waals surface area (Å²) in [6.07, 6.45) is 1.06. The lowest BCUT2D eigenvalue weighted by Crippen LogP contribution is -2.48. The van der Waals surface area contributed by atoms with Gasteiger partial charge in [0, 0.05) is 19.2 Å². The summed E-state index contributed by atoms with van der Waals surface area (Å²) in [5.41, 5.74) is -1.09. The third kappa shape index (κ3) is 2.90. The quantitative estimate of drug-likeness (QED) is 0.832. The molecule has 0 amide bonds. The first-order valence-corrected chi connectivity index (χ1v) is 8.12. The van der Waals surface area contributed by atoms with Crippen molar-refractivity contribution in [3.8, 4) is 0 Å². The smallest absolute Gasteiger partial charge is 0.371 e. The highest BCUT2D eigenvalue weighted by atomic mass is 79.9. The SMILES string of the molecule is CC1(O)CCCN(S(=O)(=O)c2cc(C(=O)O)oc2Br)C1. The van der Waals surface area contributed by atoms with Gasteiger partial charge >= 0.3 is 5.97 Å². The minimum atomic E-state index is -3.91. The summed E-state index contributed by atoms with van der Waals surface area (Å²) < 4.78 is 30.8. The van der Waals surface area contributed by atoms with Crippen molar-refractivity contribution in [3.05, 3.63) is 16.5 Å². The van der Waals surface area contributed by atoms with Gasteiger partial charge in [-0.1, -0.05) is 0 Å². The van der Waals surface area contributed by atoms with Gasteiger partial charge in [-0.05, 0) is 35.7 Å². The van der Waals surface area contributed by atoms with Gasteiger partial charge in [0.15, 0.2) is 4.67 Å². The summed E-state index contributed by atoms with van der Waals surface area (Å²) in [6, 6.07) is 0.963. The number of piperidine rings is 1. The summed E-state index contributed by atoms with van der Waals surface area (Å²) in [5, 5.41) is 18.8. The Morgan fingerprint density at radius 2 is 2.20 bits per heavy atom. The Kier molecular flexibility index (Phi) is 3.98. The molecule has 1 fully saturated rings. The minimum Gasteiger partial charge on any atom is -0.475 e. The monoisotopic (exact) mass is 367 g/mol. The number of furan rings is 1. The molecule has 7 nitrogen and oxygen atoms in total. The Hall–Kier alpha value is -0.900. The van der Waals surface area contributed by atoms with Gasteiger partial charge in [-0.2, -0.15) is 4.31 Å². The largest absolute Gasteiger partial charge is 0.475 e. The molecule has 0 saturated carbocycles. The van der Waals surface area contributed by atoms with Crippen molar-refractivity contribution >= 4 is 31.9 Å². The number of aliphatic hydroxyl groups is 1. The molecule has 0 bridgehead atoms. The van der Waals surface area contributed by atoms with E-state index in [9.17, 15) is 18.3 Å². The molecular formula is C11H14BrNO6S. The van der Waals surface area contributed by atoms with Gasteiger partial charge in [-0.3, -0.25) is 0 Å². The highest BCUT2D eigenvalue weighted by Gasteiger charge is 2.37. The molecular weight excluding hydrogens is 354 g/mol. The molecule has 9 heteroatoms. The summed E-state index contributed by atoms with van der Waals surface area (Å²) in [4.78, 5) is 10.6. The first kappa shape index (κ1) is 15.5. The van der Waals surface area contributed by atoms with Crippen LogP contribution >= 0.6 is 15.9 Å². The average molecular weight is 368 g/mol. The number of nitrogens with zero attached hydrogens (tertiary/aromatic N) is 1. The summed E-state index contributed by atoms with van der Waals surface area (Å²) >= 11 is 2.92. The number of rotatable bonds is 3. The molecule has 2 rings (SSSR count). The zero-order chi connectivity index (χ0) is 15.1. The second-order valence-electron chi connectivity index (χ2n) is 4.99. The van der Waals surface area contributed by atoms with Crippen molar-refractivity contribution < 1.29 is 27.8 Å². The van der Waals surface area contributed by atoms with Crippen molar-refractivity contribution in [1.82, 2.24) is 4.31 Å². The molecule has 1 aliphatic rings. The average Bonchev–Trinajstić information content (AvgIpc) is 2.71. The van der Waals surface area contributed by atoms with Crippen LogP contribution in [0.5, 0.6) is 0 Å². The maximum Gasteiger partial charge on any atom is 0.371 e. The predicted molar refractivity (Wildman–Crippen MR) is 72.0 cm³/mol. The van der Waals surface area contributed by atoms with Crippen molar-refractivity contribution in [2.45, 2.75) is 30.3 Å². The second kappa shape index (κ2) is 5.14. The van der Waals surface area contributed by atoms with E-state index in [1.165, 1.54) is 0 Å². The molecule has 112 valence electrons. The number of hydrogen-bond acceptors (Lipinski definition) is 5. The topological polar surface area (TPSA) is 108 Å². The molecule has 0 aromatic carbocycles. The maximum absolute atomic E-state index is 12.5. The van der Waals surface area contributed by atoms with Crippen molar-refractivity contribution in [2.24, 2.45) is 0 Å². The van der Waals surface area contributed by atoms with Crippen molar-refractivity contribution in [3.63, 3.8) is 0 Å². The molecule has 20 heavy (non-hydrogen) atoms. The summed E-state index contributed by atoms with van der Waals surface area (Å²) in [5.74, 6) is -1.81. The first-order chi connectivity index (χ1) is 9.13. The predicted octanol–water partition coefficient (Wildman–Crippen LogP) is 1.28. The van der Waals surface area contributed by atoms with E-state index in [1.807, 2.05) is 0 Å². The first-order valence-electron chi connectivity index (χ1n) is 5.89. The second-order valence-corrected chi connectivity index (χ2v) is 7.62. The Labute approximate surface area is 124 Å². The van der Waals surface area contributed by atoms with E-state index in [1.54, 1.807) is 6.92 Å². The van der Waals surface area contributed by atoms with Gasteiger partial charge < -0.3 is 14.6 Å². The third-order valence-electron chi connectivity index (χ3n) is 3.12. The fourth-order valence-corrected chi connectivity index (χ4v) is 4.65. The number of aromatic carboxylic acids is 1. The van der Waals surface area contributed by atoms with E-state index in [2.05, 4.69) is 15.9 Å². The Balaban J connectivity index is 2.37. The van der Waals surface area contributed by atoms with Crippen molar-refractivity contribution in [2.75, 3.05) is 13.1 Å². The van der Waals surface area contributed by atoms with Gasteiger partial charge in [0.25, 0.3) is 0 Å². The molecule has 0 radical (unpaired) electrons. The zero-order valence-corrected chi connectivity index (χ0v) is 13.1. The number of β-amino-alcohol motifs (C(OH)–C–C–N with tert-alkyl or cyclic N) is 1. The fourth-order valence-electron chi connectivity index (χ4n) is 2.15. The molecule has 1 aromatic rings. The van der Waals surface area contributed by atoms with Crippen molar-refractivity contribution in [1.29, 1.82) is 0 Å². The molecule has 0 aliphatic carbocycles. The van der Waals surface area contributed by atoms with Crippen LogP contribution < -0.4 is 0 Å². The van der Waals surface area contributed by atoms with E-state index >= 15 is 0 Å². The van der Waals surface area contributed by atoms with Crippen LogP contribution in [0.1, 0.15) is 30.3 Å². The lowest BCUT2D eigenvalue weighted by molar-refractivity contribution is 0.00937. The van der Waals surface area contributed by atoms with E-state index in [0.717, 1.165) is 10.4 Å². The Morgan fingerprint density at radius 1 is 1.55 bits per heavy atom. The Morgan fingerprint density at radius 3 is 2.70 bits per heavy atom. The van der Waals surface area contributed by atoms with E-state index in [0.29, 0.717) is 12.8 Å². The van der Waals surface area contributed by atoms with E-state index < -0.39 is 27.4 Å². The molecule has 1 aromatic heterocycles. The van der Waals surface area contributed by atoms with E-state index in [-0.39, 0.29) is 22.7 Å². The lowest BCUT2D eigenvalue weighted by atomic mass is 9.97. The Bertz CT molecular complexity index is 635. The van der Waals surface area contributed by atoms with Crippen LogP contribution in [-0.2, 0) is 10.0 Å². The highest BCUT2D eigenvalue weighted by molar-refractivity contribution is 9.10. The highest BCUT2D eigenvalue weighted by Crippen LogP contribution is 2.32. The van der Waals surface area contributed by atoms with Crippen LogP contribution in [-0.4, -0.2) is 47.6 Å². The van der Waals surface area contributed by atoms with Crippen LogP contribution in [0, 0.1) is 0 Å². The van der Waals surface area contributed by atoms with Crippen LogP contribution in [0.4, 0.5) is 0 Å². The summed E-state index contributed by atoms with van der Waals surface area (Å²) in [6.45, 7) is 1.82. The fraction of sp³-hybridized carbons (Fsp3) is 0.545. The lowest BCUT2D eigenvalue weighted by Gasteiger charge is -2.35. The molecule has 1 aliphatic heterocycles. The standard InChI is InChI=1S/C11H14BrNO6S/c1-11(16)3-2-4-13(6-11)20(17,18)8-5-7(10(14)15)19-9(8)12/h5,16H,2-4,6H2,1H3,(H,14,15). The van der Waals surface area contributed by atoms with Gasteiger partial charge in [0.1, 0.15) is 4.90 Å². The number of halogens is 1. The van der Waals surface area contributed by atoms with Crippen LogP contribution in [0.3, 0.4) is 0 Å². The normalized spacial score (nSPS) is 24.8. The number of carbonyl (C=O) groups is 1. The molecule has 2 N–H and O–H groups in total. The maximum atomic E-state index is 12.5. The molecule has 1 unspecified atom stereocenters. The number of carboxylic acids is 1. The van der Waals surface area contributed by atoms with Gasteiger partial charge in [0.2, 0.25) is 15.8 Å². The number of carboxylic acid groups (broad SMARTS) is 1. The zero-order valence-electron chi connectivity index (χ0n) is 10.7. The molecule has 0 spiro atoms. The molecule has 1 atom stereocenters. The van der Waals surface area contributed by atoms with Gasteiger partial charge in [0.05, 0.1) is 5.60 Å². The van der Waals surface area contributed by atoms with Crippen LogP contribution in [0.2, 0.25) is 0 Å². The number of sulfonamides is 1. The van der Waals surface area contributed by atoms with Crippen LogP contribution in [0.15, 0.2) is 20.0 Å².